The summed E-state index contributed by atoms with van der Waals surface area (Å²) in [5.41, 5.74) is 0.0858. The second-order valence-electron chi connectivity index (χ2n) is 7.00. The van der Waals surface area contributed by atoms with Crippen molar-refractivity contribution in [1.82, 2.24) is 10.2 Å². The standard InChI is InChI=1S/C17H23BN2O5/c1-11-19-20-15(23-11)10-22-13-8-7-12(9-14(13)21-6)18-24-16(2,3)17(4,5)25-18/h7-9H,10H2,1-6H3. The van der Waals surface area contributed by atoms with Gasteiger partial charge in [-0.25, -0.2) is 0 Å². The molecule has 7 nitrogen and oxygen atoms in total. The Morgan fingerprint density at radius 2 is 1.72 bits per heavy atom. The summed E-state index contributed by atoms with van der Waals surface area (Å²) in [6.07, 6.45) is 0. The second-order valence-corrected chi connectivity index (χ2v) is 7.00. The lowest BCUT2D eigenvalue weighted by Crippen LogP contribution is -2.41. The van der Waals surface area contributed by atoms with Crippen molar-refractivity contribution in [3.8, 4) is 11.5 Å². The van der Waals surface area contributed by atoms with Crippen molar-refractivity contribution in [1.29, 1.82) is 0 Å². The Morgan fingerprint density at radius 1 is 1.04 bits per heavy atom. The molecule has 1 aliphatic rings. The second kappa shape index (κ2) is 6.35. The van der Waals surface area contributed by atoms with Gasteiger partial charge in [-0.2, -0.15) is 0 Å². The van der Waals surface area contributed by atoms with Crippen LogP contribution in [-0.2, 0) is 15.9 Å². The lowest BCUT2D eigenvalue weighted by molar-refractivity contribution is 0.00578. The van der Waals surface area contributed by atoms with Crippen molar-refractivity contribution in [2.75, 3.05) is 7.11 Å². The van der Waals surface area contributed by atoms with Crippen LogP contribution in [0.25, 0.3) is 0 Å². The van der Waals surface area contributed by atoms with E-state index in [4.69, 9.17) is 23.2 Å². The summed E-state index contributed by atoms with van der Waals surface area (Å²) >= 11 is 0. The van der Waals surface area contributed by atoms with Crippen LogP contribution in [0.15, 0.2) is 22.6 Å². The zero-order valence-corrected chi connectivity index (χ0v) is 15.5. The maximum Gasteiger partial charge on any atom is 0.494 e. The molecule has 2 aromatic rings. The van der Waals surface area contributed by atoms with Gasteiger partial charge in [-0.05, 0) is 45.3 Å². The van der Waals surface area contributed by atoms with Crippen LogP contribution in [0.4, 0.5) is 0 Å². The maximum atomic E-state index is 6.07. The molecule has 0 radical (unpaired) electrons. The Hall–Kier alpha value is -2.06. The molecule has 0 spiro atoms. The van der Waals surface area contributed by atoms with E-state index in [-0.39, 0.29) is 6.61 Å². The molecule has 134 valence electrons. The van der Waals surface area contributed by atoms with E-state index in [9.17, 15) is 0 Å². The summed E-state index contributed by atoms with van der Waals surface area (Å²) in [5, 5.41) is 7.68. The first-order valence-electron chi connectivity index (χ1n) is 8.17. The molecule has 1 aromatic heterocycles. The van der Waals surface area contributed by atoms with Gasteiger partial charge >= 0.3 is 7.12 Å². The fraction of sp³-hybridized carbons (Fsp3) is 0.529. The van der Waals surface area contributed by atoms with Crippen LogP contribution >= 0.6 is 0 Å². The van der Waals surface area contributed by atoms with Gasteiger partial charge in [0.1, 0.15) is 0 Å². The average molecular weight is 346 g/mol. The van der Waals surface area contributed by atoms with Gasteiger partial charge < -0.3 is 23.2 Å². The highest BCUT2D eigenvalue weighted by atomic mass is 16.7. The summed E-state index contributed by atoms with van der Waals surface area (Å²) < 4.78 is 28.6. The molecule has 1 aromatic carbocycles. The van der Waals surface area contributed by atoms with E-state index in [1.807, 2.05) is 45.9 Å². The van der Waals surface area contributed by atoms with E-state index < -0.39 is 18.3 Å². The molecule has 0 amide bonds. The lowest BCUT2D eigenvalue weighted by atomic mass is 9.79. The third-order valence-corrected chi connectivity index (χ3v) is 4.63. The molecule has 1 aliphatic heterocycles. The molecule has 8 heteroatoms. The first-order chi connectivity index (χ1) is 11.7. The van der Waals surface area contributed by atoms with Gasteiger partial charge in [0.05, 0.1) is 18.3 Å². The van der Waals surface area contributed by atoms with Crippen molar-refractivity contribution in [3.63, 3.8) is 0 Å². The van der Waals surface area contributed by atoms with Crippen LogP contribution < -0.4 is 14.9 Å². The van der Waals surface area contributed by atoms with Crippen LogP contribution in [0.5, 0.6) is 11.5 Å². The minimum Gasteiger partial charge on any atom is -0.493 e. The molecule has 25 heavy (non-hydrogen) atoms. The van der Waals surface area contributed by atoms with Crippen LogP contribution in [0.3, 0.4) is 0 Å². The molecule has 2 heterocycles. The van der Waals surface area contributed by atoms with Gasteiger partial charge in [0.15, 0.2) is 18.1 Å². The lowest BCUT2D eigenvalue weighted by Gasteiger charge is -2.32. The number of rotatable bonds is 5. The number of benzene rings is 1. The van der Waals surface area contributed by atoms with Gasteiger partial charge in [0.2, 0.25) is 5.89 Å². The third-order valence-electron chi connectivity index (χ3n) is 4.63. The number of aryl methyl sites for hydroxylation is 1. The Balaban J connectivity index is 1.76. The molecule has 0 unspecified atom stereocenters. The number of ether oxygens (including phenoxy) is 2. The van der Waals surface area contributed by atoms with Crippen molar-refractivity contribution >= 4 is 12.6 Å². The van der Waals surface area contributed by atoms with E-state index in [1.165, 1.54) is 0 Å². The molecule has 3 rings (SSSR count). The van der Waals surface area contributed by atoms with Gasteiger partial charge in [-0.3, -0.25) is 0 Å². The number of hydrogen-bond acceptors (Lipinski definition) is 7. The predicted molar refractivity (Wildman–Crippen MR) is 92.1 cm³/mol. The summed E-state index contributed by atoms with van der Waals surface area (Å²) in [7, 11) is 1.14. The highest BCUT2D eigenvalue weighted by molar-refractivity contribution is 6.62. The quantitative estimate of drug-likeness (QED) is 0.769. The van der Waals surface area contributed by atoms with Crippen molar-refractivity contribution < 1.29 is 23.2 Å². The molecule has 1 fully saturated rings. The fourth-order valence-corrected chi connectivity index (χ4v) is 2.46. The van der Waals surface area contributed by atoms with Crippen molar-refractivity contribution in [2.45, 2.75) is 52.4 Å². The summed E-state index contributed by atoms with van der Waals surface area (Å²) in [6.45, 7) is 9.99. The van der Waals surface area contributed by atoms with Gasteiger partial charge in [-0.1, -0.05) is 6.07 Å². The van der Waals surface area contributed by atoms with E-state index >= 15 is 0 Å². The van der Waals surface area contributed by atoms with Gasteiger partial charge in [-0.15, -0.1) is 10.2 Å². The minimum absolute atomic E-state index is 0.174. The van der Waals surface area contributed by atoms with Gasteiger partial charge in [0.25, 0.3) is 5.89 Å². The Morgan fingerprint density at radius 3 is 2.28 bits per heavy atom. The minimum atomic E-state index is -0.452. The van der Waals surface area contributed by atoms with E-state index in [0.29, 0.717) is 23.3 Å². The van der Waals surface area contributed by atoms with E-state index in [2.05, 4.69) is 10.2 Å². The normalized spacial score (nSPS) is 18.4. The number of hydrogen-bond donors (Lipinski definition) is 0. The smallest absolute Gasteiger partial charge is 0.493 e. The molecule has 1 saturated heterocycles. The summed E-state index contributed by atoms with van der Waals surface area (Å²) in [6, 6.07) is 5.58. The first kappa shape index (κ1) is 17.8. The average Bonchev–Trinajstić information content (AvgIpc) is 3.05. The molecule has 0 saturated carbocycles. The SMILES string of the molecule is COc1cc(B2OC(C)(C)C(C)(C)O2)ccc1OCc1nnc(C)o1. The largest absolute Gasteiger partial charge is 0.494 e. The van der Waals surface area contributed by atoms with Crippen molar-refractivity contribution in [2.24, 2.45) is 0 Å². The topological polar surface area (TPSA) is 75.8 Å². The van der Waals surface area contributed by atoms with E-state index in [1.54, 1.807) is 14.0 Å². The zero-order chi connectivity index (χ0) is 18.2. The van der Waals surface area contributed by atoms with Crippen LogP contribution in [-0.4, -0.2) is 35.6 Å². The summed E-state index contributed by atoms with van der Waals surface area (Å²) in [4.78, 5) is 0. The van der Waals surface area contributed by atoms with Gasteiger partial charge in [0, 0.05) is 6.92 Å². The fourth-order valence-electron chi connectivity index (χ4n) is 2.46. The van der Waals surface area contributed by atoms with Crippen LogP contribution in [0.1, 0.15) is 39.5 Å². The van der Waals surface area contributed by atoms with Crippen molar-refractivity contribution in [3.05, 3.63) is 30.0 Å². The molecule has 0 N–H and O–H groups in total. The Kier molecular flexibility index (Phi) is 4.51. The predicted octanol–water partition coefficient (Wildman–Crippen LogP) is 2.26. The molecule has 0 aliphatic carbocycles. The first-order valence-corrected chi connectivity index (χ1v) is 8.17. The number of methoxy groups -OCH3 is 1. The third kappa shape index (κ3) is 3.50. The molecule has 0 atom stereocenters. The van der Waals surface area contributed by atoms with Crippen LogP contribution in [0, 0.1) is 6.92 Å². The Bertz CT molecular complexity index is 743. The molecular weight excluding hydrogens is 323 g/mol. The molecular formula is C17H23BN2O5. The van der Waals surface area contributed by atoms with E-state index in [0.717, 1.165) is 5.46 Å². The number of aromatic nitrogens is 2. The Labute approximate surface area is 147 Å². The number of nitrogens with zero attached hydrogens (tertiary/aromatic N) is 2. The van der Waals surface area contributed by atoms with Crippen LogP contribution in [0.2, 0.25) is 0 Å². The molecule has 0 bridgehead atoms. The highest BCUT2D eigenvalue weighted by Gasteiger charge is 2.51. The zero-order valence-electron chi connectivity index (χ0n) is 15.5. The summed E-state index contributed by atoms with van der Waals surface area (Å²) in [5.74, 6) is 2.08. The highest BCUT2D eigenvalue weighted by Crippen LogP contribution is 2.37. The maximum absolute atomic E-state index is 6.07. The monoisotopic (exact) mass is 346 g/mol.